The fourth-order valence-corrected chi connectivity index (χ4v) is 3.85. The lowest BCUT2D eigenvalue weighted by Gasteiger charge is -2.16. The molecule has 19 heavy (non-hydrogen) atoms. The molecule has 8 heteroatoms. The molecule has 104 valence electrons. The number of thiazole rings is 1. The van der Waals surface area contributed by atoms with Gasteiger partial charge in [-0.25, -0.2) is 4.98 Å². The van der Waals surface area contributed by atoms with Gasteiger partial charge in [-0.2, -0.15) is 0 Å². The molecule has 0 unspecified atom stereocenters. The number of nitrogens with two attached hydrogens (primary N) is 1. The fourth-order valence-electron chi connectivity index (χ4n) is 1.62. The molecule has 6 nitrogen and oxygen atoms in total. The van der Waals surface area contributed by atoms with E-state index < -0.39 is 7.60 Å². The molecule has 2 N–H and O–H groups in total. The van der Waals surface area contributed by atoms with Gasteiger partial charge in [0.1, 0.15) is 11.0 Å². The highest BCUT2D eigenvalue weighted by Crippen LogP contribution is 2.49. The molecule has 0 atom stereocenters. The Morgan fingerprint density at radius 3 is 2.63 bits per heavy atom. The maximum atomic E-state index is 12.7. The van der Waals surface area contributed by atoms with Gasteiger partial charge in [0, 0.05) is 5.38 Å². The van der Waals surface area contributed by atoms with E-state index in [-0.39, 0.29) is 13.2 Å². The van der Waals surface area contributed by atoms with Crippen molar-refractivity contribution in [3.8, 4) is 11.5 Å². The summed E-state index contributed by atoms with van der Waals surface area (Å²) in [5.41, 5.74) is 6.13. The molecule has 2 rings (SSSR count). The molecule has 0 aliphatic carbocycles. The summed E-state index contributed by atoms with van der Waals surface area (Å²) in [4.78, 5) is 4.12. The normalized spacial score (nSPS) is 11.9. The minimum atomic E-state index is -3.39. The predicted molar refractivity (Wildman–Crippen MR) is 74.7 cm³/mol. The zero-order chi connectivity index (χ0) is 13.9. The van der Waals surface area contributed by atoms with Gasteiger partial charge in [0.15, 0.2) is 10.9 Å². The van der Waals surface area contributed by atoms with E-state index in [1.807, 2.05) is 0 Å². The lowest BCUT2D eigenvalue weighted by molar-refractivity contribution is 0.230. The summed E-state index contributed by atoms with van der Waals surface area (Å²) in [5.74, 6) is 0.373. The molecule has 0 saturated carbocycles. The number of nitrogen functional groups attached to an aromatic ring is 1. The highest BCUT2D eigenvalue weighted by atomic mass is 32.1. The second kappa shape index (κ2) is 5.88. The van der Waals surface area contributed by atoms with Gasteiger partial charge < -0.3 is 19.2 Å². The van der Waals surface area contributed by atoms with E-state index in [1.54, 1.807) is 25.3 Å². The number of hydrogen-bond donors (Lipinski definition) is 1. The molecule has 0 aromatic carbocycles. The summed E-state index contributed by atoms with van der Waals surface area (Å²) < 4.78 is 28.7. The number of rotatable bonds is 6. The third-order valence-electron chi connectivity index (χ3n) is 2.29. The summed E-state index contributed by atoms with van der Waals surface area (Å²) in [6, 6.07) is 1.58. The first-order chi connectivity index (χ1) is 9.10. The molecule has 0 saturated heterocycles. The zero-order valence-corrected chi connectivity index (χ0v) is 12.4. The minimum Gasteiger partial charge on any atom is -0.462 e. The van der Waals surface area contributed by atoms with E-state index >= 15 is 0 Å². The Balaban J connectivity index is 2.45. The summed E-state index contributed by atoms with van der Waals surface area (Å²) in [7, 11) is -3.39. The van der Waals surface area contributed by atoms with Crippen molar-refractivity contribution >= 4 is 29.4 Å². The summed E-state index contributed by atoms with van der Waals surface area (Å²) in [6.45, 7) is 4.07. The Labute approximate surface area is 115 Å². The van der Waals surface area contributed by atoms with Crippen molar-refractivity contribution < 1.29 is 18.0 Å². The standard InChI is InChI=1S/C11H15N2O4PS/c1-3-16-18(14,17-4-2)9-5-6-15-10(9)8-7-19-11(12)13-8/h5-7H,3-4H2,1-2H3,(H2,12,13). The first kappa shape index (κ1) is 14.3. The van der Waals surface area contributed by atoms with Crippen LogP contribution in [0.2, 0.25) is 0 Å². The van der Waals surface area contributed by atoms with Gasteiger partial charge >= 0.3 is 7.60 Å². The Kier molecular flexibility index (Phi) is 4.42. The minimum absolute atomic E-state index is 0.279. The first-order valence-electron chi connectivity index (χ1n) is 5.79. The highest BCUT2D eigenvalue weighted by molar-refractivity contribution is 7.62. The topological polar surface area (TPSA) is 87.6 Å². The lowest BCUT2D eigenvalue weighted by atomic mass is 10.4. The van der Waals surface area contributed by atoms with Crippen molar-refractivity contribution in [1.82, 2.24) is 4.98 Å². The average Bonchev–Trinajstić information content (AvgIpc) is 2.97. The van der Waals surface area contributed by atoms with Crippen molar-refractivity contribution in [2.75, 3.05) is 18.9 Å². The molecule has 0 aliphatic rings. The molecule has 2 aromatic rings. The maximum absolute atomic E-state index is 12.7. The van der Waals surface area contributed by atoms with E-state index in [0.29, 0.717) is 21.9 Å². The third-order valence-corrected chi connectivity index (χ3v) is 5.10. The molecule has 0 spiro atoms. The van der Waals surface area contributed by atoms with Crippen LogP contribution in [0.25, 0.3) is 11.5 Å². The Morgan fingerprint density at radius 1 is 1.42 bits per heavy atom. The van der Waals surface area contributed by atoms with Gasteiger partial charge in [-0.3, -0.25) is 4.57 Å². The largest absolute Gasteiger partial charge is 0.462 e. The summed E-state index contributed by atoms with van der Waals surface area (Å²) >= 11 is 1.28. The van der Waals surface area contributed by atoms with Gasteiger partial charge in [0.05, 0.1) is 19.5 Å². The molecule has 2 aromatic heterocycles. The monoisotopic (exact) mass is 302 g/mol. The van der Waals surface area contributed by atoms with Crippen molar-refractivity contribution in [3.63, 3.8) is 0 Å². The summed E-state index contributed by atoms with van der Waals surface area (Å²) in [6.07, 6.45) is 1.44. The van der Waals surface area contributed by atoms with Gasteiger partial charge in [0.2, 0.25) is 0 Å². The second-order valence-electron chi connectivity index (χ2n) is 3.54. The van der Waals surface area contributed by atoms with Gasteiger partial charge in [-0.15, -0.1) is 11.3 Å². The van der Waals surface area contributed by atoms with Crippen molar-refractivity contribution in [3.05, 3.63) is 17.7 Å². The van der Waals surface area contributed by atoms with Crippen molar-refractivity contribution in [2.24, 2.45) is 0 Å². The fraction of sp³-hybridized carbons (Fsp3) is 0.364. The van der Waals surface area contributed by atoms with Crippen LogP contribution in [-0.2, 0) is 13.6 Å². The number of furan rings is 1. The van der Waals surface area contributed by atoms with E-state index in [9.17, 15) is 4.57 Å². The molecule has 0 aliphatic heterocycles. The van der Waals surface area contributed by atoms with Crippen LogP contribution in [0.1, 0.15) is 13.8 Å². The van der Waals surface area contributed by atoms with Crippen LogP contribution < -0.4 is 11.0 Å². The number of nitrogens with zero attached hydrogens (tertiary/aromatic N) is 1. The van der Waals surface area contributed by atoms with Crippen molar-refractivity contribution in [2.45, 2.75) is 13.8 Å². The van der Waals surface area contributed by atoms with Crippen LogP contribution >= 0.6 is 18.9 Å². The van der Waals surface area contributed by atoms with E-state index in [1.165, 1.54) is 17.6 Å². The smallest absolute Gasteiger partial charge is 0.365 e. The van der Waals surface area contributed by atoms with Crippen LogP contribution in [0.3, 0.4) is 0 Å². The van der Waals surface area contributed by atoms with E-state index in [2.05, 4.69) is 4.98 Å². The predicted octanol–water partition coefficient (Wildman–Crippen LogP) is 2.88. The van der Waals surface area contributed by atoms with Crippen molar-refractivity contribution in [1.29, 1.82) is 0 Å². The number of hydrogen-bond acceptors (Lipinski definition) is 7. The molecular weight excluding hydrogens is 287 g/mol. The van der Waals surface area contributed by atoms with Gasteiger partial charge in [-0.05, 0) is 19.9 Å². The molecule has 2 heterocycles. The van der Waals surface area contributed by atoms with Crippen LogP contribution in [0.5, 0.6) is 0 Å². The lowest BCUT2D eigenvalue weighted by Crippen LogP contribution is -2.11. The SMILES string of the molecule is CCOP(=O)(OCC)c1ccoc1-c1csc(N)n1. The van der Waals surface area contributed by atoms with Gasteiger partial charge in [0.25, 0.3) is 0 Å². The third kappa shape index (κ3) is 2.90. The van der Waals surface area contributed by atoms with E-state index in [0.717, 1.165) is 0 Å². The van der Waals surface area contributed by atoms with Crippen LogP contribution in [0.15, 0.2) is 22.1 Å². The maximum Gasteiger partial charge on any atom is 0.365 e. The van der Waals surface area contributed by atoms with Crippen LogP contribution in [0, 0.1) is 0 Å². The molecule has 0 bridgehead atoms. The second-order valence-corrected chi connectivity index (χ2v) is 6.42. The van der Waals surface area contributed by atoms with Crippen LogP contribution in [-0.4, -0.2) is 18.2 Å². The molecule has 0 radical (unpaired) electrons. The molecular formula is C11H15N2O4PS. The van der Waals surface area contributed by atoms with Gasteiger partial charge in [-0.1, -0.05) is 0 Å². The number of anilines is 1. The Hall–Kier alpha value is -1.14. The van der Waals surface area contributed by atoms with Crippen LogP contribution in [0.4, 0.5) is 5.13 Å². The first-order valence-corrected chi connectivity index (χ1v) is 8.21. The van der Waals surface area contributed by atoms with E-state index in [4.69, 9.17) is 19.2 Å². The Morgan fingerprint density at radius 2 is 2.11 bits per heavy atom. The average molecular weight is 302 g/mol. The quantitative estimate of drug-likeness (QED) is 0.825. The zero-order valence-electron chi connectivity index (χ0n) is 10.7. The number of aromatic nitrogens is 1. The molecule has 0 amide bonds. The highest BCUT2D eigenvalue weighted by Gasteiger charge is 2.33. The molecule has 0 fully saturated rings. The summed E-state index contributed by atoms with van der Waals surface area (Å²) in [5, 5.41) is 2.53. The Bertz CT molecular complexity index is 585.